The normalized spacial score (nSPS) is 17.0. The number of hydrogen-bond acceptors (Lipinski definition) is 4. The number of thiophene rings is 1. The first kappa shape index (κ1) is 21.2. The number of amides is 2. The molecule has 0 aliphatic carbocycles. The van der Waals surface area contributed by atoms with Crippen molar-refractivity contribution in [3.05, 3.63) is 76.9 Å². The molecule has 2 amide bonds. The molecule has 0 unspecified atom stereocenters. The lowest BCUT2D eigenvalue weighted by Crippen LogP contribution is -2.38. The van der Waals surface area contributed by atoms with Gasteiger partial charge in [-0.1, -0.05) is 30.3 Å². The van der Waals surface area contributed by atoms with Crippen molar-refractivity contribution in [3.63, 3.8) is 0 Å². The molecule has 1 atom stereocenters. The summed E-state index contributed by atoms with van der Waals surface area (Å²) in [6.45, 7) is 6.08. The topological polar surface area (TPSA) is 53.5 Å². The molecule has 0 saturated carbocycles. The zero-order valence-corrected chi connectivity index (χ0v) is 18.8. The zero-order chi connectivity index (χ0) is 21.8. The van der Waals surface area contributed by atoms with Crippen molar-refractivity contribution in [2.45, 2.75) is 20.3 Å². The standard InChI is InChI=1S/C25H27N3O2S/c1-3-27-12-13-28(25(30)21-10-11-26-16-18(21)2)17-20(24(27)29)15-19-7-4-5-8-22(19)23-9-6-14-31-23/h4-11,14,16,20H,3,12-13,15,17H2,1-2H3/t20-/m0/s1. The summed E-state index contributed by atoms with van der Waals surface area (Å²) in [5.41, 5.74) is 3.83. The Morgan fingerprint density at radius 1 is 1.16 bits per heavy atom. The van der Waals surface area contributed by atoms with Gasteiger partial charge in [0.1, 0.15) is 0 Å². The maximum absolute atomic E-state index is 13.3. The molecule has 6 heteroatoms. The lowest BCUT2D eigenvalue weighted by Gasteiger charge is -2.24. The molecule has 0 N–H and O–H groups in total. The maximum Gasteiger partial charge on any atom is 0.254 e. The van der Waals surface area contributed by atoms with Gasteiger partial charge in [-0.3, -0.25) is 14.6 Å². The molecule has 0 radical (unpaired) electrons. The second-order valence-electron chi connectivity index (χ2n) is 7.90. The number of rotatable bonds is 5. The second kappa shape index (κ2) is 9.43. The highest BCUT2D eigenvalue weighted by atomic mass is 32.1. The maximum atomic E-state index is 13.3. The van der Waals surface area contributed by atoms with E-state index in [1.165, 1.54) is 10.4 Å². The minimum atomic E-state index is -0.269. The fourth-order valence-corrected chi connectivity index (χ4v) is 5.00. The van der Waals surface area contributed by atoms with Gasteiger partial charge in [0.25, 0.3) is 5.91 Å². The molecule has 1 aliphatic rings. The monoisotopic (exact) mass is 433 g/mol. The minimum Gasteiger partial charge on any atom is -0.341 e. The third-order valence-electron chi connectivity index (χ3n) is 5.93. The molecule has 0 spiro atoms. The van der Waals surface area contributed by atoms with E-state index in [1.54, 1.807) is 29.8 Å². The van der Waals surface area contributed by atoms with Crippen LogP contribution >= 0.6 is 11.3 Å². The van der Waals surface area contributed by atoms with Crippen LogP contribution in [0.25, 0.3) is 10.4 Å². The van der Waals surface area contributed by atoms with Crippen molar-refractivity contribution in [3.8, 4) is 10.4 Å². The molecule has 4 rings (SSSR count). The Bertz CT molecular complexity index is 1060. The average Bonchev–Trinajstić information content (AvgIpc) is 3.27. The third-order valence-corrected chi connectivity index (χ3v) is 6.83. The van der Waals surface area contributed by atoms with E-state index >= 15 is 0 Å². The first-order valence-electron chi connectivity index (χ1n) is 10.7. The number of benzene rings is 1. The van der Waals surface area contributed by atoms with E-state index in [9.17, 15) is 9.59 Å². The van der Waals surface area contributed by atoms with Gasteiger partial charge in [0.2, 0.25) is 5.91 Å². The lowest BCUT2D eigenvalue weighted by atomic mass is 9.93. The summed E-state index contributed by atoms with van der Waals surface area (Å²) in [6.07, 6.45) is 3.97. The molecule has 1 aliphatic heterocycles. The molecule has 5 nitrogen and oxygen atoms in total. The molecule has 2 aromatic heterocycles. The highest BCUT2D eigenvalue weighted by Gasteiger charge is 2.32. The van der Waals surface area contributed by atoms with Crippen LogP contribution in [0.2, 0.25) is 0 Å². The molecule has 3 heterocycles. The molecule has 1 saturated heterocycles. The molecule has 160 valence electrons. The summed E-state index contributed by atoms with van der Waals surface area (Å²) in [5, 5.41) is 2.07. The Kier molecular flexibility index (Phi) is 6.47. The van der Waals surface area contributed by atoms with Crippen molar-refractivity contribution >= 4 is 23.2 Å². The van der Waals surface area contributed by atoms with Crippen molar-refractivity contribution < 1.29 is 9.59 Å². The van der Waals surface area contributed by atoms with Crippen LogP contribution in [0, 0.1) is 12.8 Å². The van der Waals surface area contributed by atoms with Crippen LogP contribution < -0.4 is 0 Å². The van der Waals surface area contributed by atoms with E-state index in [0.29, 0.717) is 38.2 Å². The first-order valence-corrected chi connectivity index (χ1v) is 11.6. The van der Waals surface area contributed by atoms with Crippen molar-refractivity contribution in [2.75, 3.05) is 26.2 Å². The smallest absolute Gasteiger partial charge is 0.254 e. The first-order chi connectivity index (χ1) is 15.1. The van der Waals surface area contributed by atoms with E-state index in [2.05, 4.69) is 28.6 Å². The number of aryl methyl sites for hydroxylation is 1. The molecular formula is C25H27N3O2S. The van der Waals surface area contributed by atoms with E-state index in [0.717, 1.165) is 11.1 Å². The molecule has 0 bridgehead atoms. The predicted molar refractivity (Wildman–Crippen MR) is 124 cm³/mol. The summed E-state index contributed by atoms with van der Waals surface area (Å²) in [5.74, 6) is -0.165. The summed E-state index contributed by atoms with van der Waals surface area (Å²) < 4.78 is 0. The number of hydrogen-bond donors (Lipinski definition) is 0. The number of pyridine rings is 1. The van der Waals surface area contributed by atoms with E-state index < -0.39 is 0 Å². The molecular weight excluding hydrogens is 406 g/mol. The zero-order valence-electron chi connectivity index (χ0n) is 18.0. The van der Waals surface area contributed by atoms with Gasteiger partial charge in [-0.25, -0.2) is 0 Å². The Morgan fingerprint density at radius 2 is 2.00 bits per heavy atom. The largest absolute Gasteiger partial charge is 0.341 e. The van der Waals surface area contributed by atoms with Gasteiger partial charge in [-0.15, -0.1) is 11.3 Å². The molecule has 31 heavy (non-hydrogen) atoms. The highest BCUT2D eigenvalue weighted by Crippen LogP contribution is 2.30. The van der Waals surface area contributed by atoms with E-state index in [4.69, 9.17) is 0 Å². The van der Waals surface area contributed by atoms with Crippen LogP contribution in [0.15, 0.2) is 60.2 Å². The van der Waals surface area contributed by atoms with E-state index in [-0.39, 0.29) is 17.7 Å². The third kappa shape index (κ3) is 4.54. The SMILES string of the molecule is CCN1CCN(C(=O)c2ccncc2C)C[C@H](Cc2ccccc2-c2cccs2)C1=O. The van der Waals surface area contributed by atoms with Crippen LogP contribution in [0.3, 0.4) is 0 Å². The lowest BCUT2D eigenvalue weighted by molar-refractivity contribution is -0.134. The minimum absolute atomic E-state index is 0.0257. The van der Waals surface area contributed by atoms with Gasteiger partial charge < -0.3 is 9.80 Å². The Labute approximate surface area is 187 Å². The van der Waals surface area contributed by atoms with Gasteiger partial charge in [0, 0.05) is 49.0 Å². The quantitative estimate of drug-likeness (QED) is 0.603. The van der Waals surface area contributed by atoms with Crippen LogP contribution in [-0.2, 0) is 11.2 Å². The average molecular weight is 434 g/mol. The van der Waals surface area contributed by atoms with Crippen LogP contribution in [0.5, 0.6) is 0 Å². The second-order valence-corrected chi connectivity index (χ2v) is 8.84. The Hall–Kier alpha value is -2.99. The van der Waals surface area contributed by atoms with Gasteiger partial charge >= 0.3 is 0 Å². The summed E-state index contributed by atoms with van der Waals surface area (Å²) in [6, 6.07) is 14.2. The molecule has 3 aromatic rings. The fourth-order valence-electron chi connectivity index (χ4n) is 4.22. The number of aromatic nitrogens is 1. The van der Waals surface area contributed by atoms with Gasteiger partial charge in [0.15, 0.2) is 0 Å². The molecule has 1 fully saturated rings. The Balaban J connectivity index is 1.63. The summed E-state index contributed by atoms with van der Waals surface area (Å²) in [4.78, 5) is 35.6. The van der Waals surface area contributed by atoms with Gasteiger partial charge in [-0.2, -0.15) is 0 Å². The van der Waals surface area contributed by atoms with Crippen LogP contribution in [-0.4, -0.2) is 52.8 Å². The van der Waals surface area contributed by atoms with Crippen LogP contribution in [0.4, 0.5) is 0 Å². The van der Waals surface area contributed by atoms with E-state index in [1.807, 2.05) is 41.8 Å². The predicted octanol–water partition coefficient (Wildman–Crippen LogP) is 4.28. The van der Waals surface area contributed by atoms with Crippen LogP contribution in [0.1, 0.15) is 28.4 Å². The van der Waals surface area contributed by atoms with Crippen molar-refractivity contribution in [2.24, 2.45) is 5.92 Å². The van der Waals surface area contributed by atoms with Crippen molar-refractivity contribution in [1.82, 2.24) is 14.8 Å². The molecule has 1 aromatic carbocycles. The number of nitrogens with zero attached hydrogens (tertiary/aromatic N) is 3. The van der Waals surface area contributed by atoms with Crippen molar-refractivity contribution in [1.29, 1.82) is 0 Å². The Morgan fingerprint density at radius 3 is 2.74 bits per heavy atom. The number of carbonyl (C=O) groups is 2. The number of carbonyl (C=O) groups excluding carboxylic acids is 2. The summed E-state index contributed by atoms with van der Waals surface area (Å²) in [7, 11) is 0. The van der Waals surface area contributed by atoms with Gasteiger partial charge in [-0.05, 0) is 54.5 Å². The van der Waals surface area contributed by atoms with Gasteiger partial charge in [0.05, 0.1) is 5.92 Å². The highest BCUT2D eigenvalue weighted by molar-refractivity contribution is 7.13. The fraction of sp³-hybridized carbons (Fsp3) is 0.320. The summed E-state index contributed by atoms with van der Waals surface area (Å²) >= 11 is 1.70. The number of likely N-dealkylation sites (N-methyl/N-ethyl adjacent to an activating group) is 1.